The Kier molecular flexibility index (Phi) is 3.49. The van der Waals surface area contributed by atoms with E-state index in [4.69, 9.17) is 4.74 Å². The third-order valence-corrected chi connectivity index (χ3v) is 4.51. The first-order chi connectivity index (χ1) is 6.98. The molecule has 1 heterocycles. The molecule has 0 aliphatic carbocycles. The van der Waals surface area contributed by atoms with Gasteiger partial charge in [0.05, 0.1) is 13.3 Å². The Bertz CT molecular complexity index is 244. The van der Waals surface area contributed by atoms with E-state index in [0.29, 0.717) is 6.04 Å². The Morgan fingerprint density at radius 2 is 1.44 bits per heavy atom. The Hall–Kier alpha value is -0.0800. The zero-order valence-electron chi connectivity index (χ0n) is 12.3. The quantitative estimate of drug-likeness (QED) is 0.679. The summed E-state index contributed by atoms with van der Waals surface area (Å²) in [6.07, 6.45) is 0. The van der Waals surface area contributed by atoms with E-state index < -0.39 is 0 Å². The molecule has 1 rings (SSSR count). The first kappa shape index (κ1) is 14.0. The van der Waals surface area contributed by atoms with Crippen molar-refractivity contribution >= 4 is 0 Å². The van der Waals surface area contributed by atoms with Crippen LogP contribution >= 0.6 is 0 Å². The summed E-state index contributed by atoms with van der Waals surface area (Å²) in [5, 5.41) is 0. The van der Waals surface area contributed by atoms with Crippen molar-refractivity contribution in [2.75, 3.05) is 13.3 Å². The van der Waals surface area contributed by atoms with E-state index in [9.17, 15) is 0 Å². The molecule has 0 aromatic rings. The van der Waals surface area contributed by atoms with Gasteiger partial charge in [0, 0.05) is 11.6 Å². The molecule has 0 bridgehead atoms. The molecule has 1 saturated heterocycles. The maximum absolute atomic E-state index is 5.70. The molecule has 0 amide bonds. The summed E-state index contributed by atoms with van der Waals surface area (Å²) in [6.45, 7) is 20.2. The summed E-state index contributed by atoms with van der Waals surface area (Å²) in [5.41, 5.74) is 0.718. The lowest BCUT2D eigenvalue weighted by molar-refractivity contribution is -0.0103. The second kappa shape index (κ2) is 3.99. The second-order valence-electron chi connectivity index (χ2n) is 7.63. The van der Waals surface area contributed by atoms with Crippen LogP contribution < -0.4 is 0 Å². The smallest absolute Gasteiger partial charge is 0.0998 e. The van der Waals surface area contributed by atoms with Gasteiger partial charge in [0.25, 0.3) is 0 Å². The fourth-order valence-corrected chi connectivity index (χ4v) is 2.20. The molecule has 1 aliphatic heterocycles. The Balaban J connectivity index is 2.96. The van der Waals surface area contributed by atoms with Crippen molar-refractivity contribution in [3.63, 3.8) is 0 Å². The standard InChI is InChI=1S/C14H29NO/c1-12(2,3)14(7,8)11-9-16-10-15(11)13(4,5)6/h11H,9-10H2,1-8H3. The summed E-state index contributed by atoms with van der Waals surface area (Å²) in [4.78, 5) is 2.50. The number of ether oxygens (including phenoxy) is 1. The summed E-state index contributed by atoms with van der Waals surface area (Å²) < 4.78 is 5.70. The Morgan fingerprint density at radius 1 is 0.938 bits per heavy atom. The highest BCUT2D eigenvalue weighted by molar-refractivity contribution is 4.98. The van der Waals surface area contributed by atoms with E-state index in [1.807, 2.05) is 0 Å². The Labute approximate surface area is 101 Å². The van der Waals surface area contributed by atoms with Crippen LogP contribution in [0, 0.1) is 10.8 Å². The number of rotatable bonds is 1. The second-order valence-corrected chi connectivity index (χ2v) is 7.63. The van der Waals surface area contributed by atoms with Gasteiger partial charge in [0.1, 0.15) is 0 Å². The van der Waals surface area contributed by atoms with Crippen LogP contribution in [0.4, 0.5) is 0 Å². The zero-order valence-corrected chi connectivity index (χ0v) is 12.3. The number of hydrogen-bond donors (Lipinski definition) is 0. The average Bonchev–Trinajstić information content (AvgIpc) is 2.47. The lowest BCUT2D eigenvalue weighted by atomic mass is 9.64. The molecule has 1 fully saturated rings. The van der Waals surface area contributed by atoms with Crippen molar-refractivity contribution in [2.45, 2.75) is 67.0 Å². The van der Waals surface area contributed by atoms with Gasteiger partial charge in [-0.05, 0) is 31.6 Å². The molecule has 0 spiro atoms. The molecule has 0 aromatic heterocycles. The minimum absolute atomic E-state index is 0.184. The van der Waals surface area contributed by atoms with Gasteiger partial charge in [-0.15, -0.1) is 0 Å². The van der Waals surface area contributed by atoms with Crippen molar-refractivity contribution in [1.29, 1.82) is 0 Å². The van der Waals surface area contributed by atoms with Crippen LogP contribution in [-0.2, 0) is 4.74 Å². The molecule has 96 valence electrons. The highest BCUT2D eigenvalue weighted by atomic mass is 16.5. The Morgan fingerprint density at radius 3 is 1.81 bits per heavy atom. The van der Waals surface area contributed by atoms with Crippen LogP contribution in [0.15, 0.2) is 0 Å². The minimum atomic E-state index is 0.184. The zero-order chi connectivity index (χ0) is 12.8. The van der Waals surface area contributed by atoms with E-state index in [0.717, 1.165) is 13.3 Å². The summed E-state index contributed by atoms with van der Waals surface area (Å²) in [7, 11) is 0. The highest BCUT2D eigenvalue weighted by Crippen LogP contribution is 2.45. The molecule has 2 nitrogen and oxygen atoms in total. The molecule has 1 unspecified atom stereocenters. The third kappa shape index (κ3) is 2.43. The van der Waals surface area contributed by atoms with Crippen molar-refractivity contribution in [3.8, 4) is 0 Å². The predicted octanol–water partition coefficient (Wildman–Crippen LogP) is 3.52. The van der Waals surface area contributed by atoms with Crippen LogP contribution in [0.5, 0.6) is 0 Å². The van der Waals surface area contributed by atoms with Gasteiger partial charge in [-0.3, -0.25) is 4.90 Å². The molecule has 0 aromatic carbocycles. The molecular formula is C14H29NO. The predicted molar refractivity (Wildman–Crippen MR) is 69.4 cm³/mol. The van der Waals surface area contributed by atoms with Crippen molar-refractivity contribution in [2.24, 2.45) is 10.8 Å². The maximum atomic E-state index is 5.70. The number of nitrogens with zero attached hydrogens (tertiary/aromatic N) is 1. The van der Waals surface area contributed by atoms with Gasteiger partial charge in [-0.2, -0.15) is 0 Å². The van der Waals surface area contributed by atoms with E-state index in [1.54, 1.807) is 0 Å². The summed E-state index contributed by atoms with van der Waals surface area (Å²) >= 11 is 0. The molecule has 0 N–H and O–H groups in total. The van der Waals surface area contributed by atoms with E-state index in [-0.39, 0.29) is 16.4 Å². The highest BCUT2D eigenvalue weighted by Gasteiger charge is 2.47. The summed E-state index contributed by atoms with van der Waals surface area (Å²) in [6, 6.07) is 0.507. The van der Waals surface area contributed by atoms with Crippen molar-refractivity contribution in [1.82, 2.24) is 4.90 Å². The molecule has 2 heteroatoms. The molecule has 1 atom stereocenters. The van der Waals surface area contributed by atoms with E-state index in [2.05, 4.69) is 60.3 Å². The minimum Gasteiger partial charge on any atom is -0.364 e. The molecular weight excluding hydrogens is 198 g/mol. The van der Waals surface area contributed by atoms with Crippen molar-refractivity contribution < 1.29 is 4.74 Å². The molecule has 16 heavy (non-hydrogen) atoms. The van der Waals surface area contributed by atoms with Crippen LogP contribution in [0.1, 0.15) is 55.4 Å². The molecule has 0 saturated carbocycles. The van der Waals surface area contributed by atoms with E-state index in [1.165, 1.54) is 0 Å². The van der Waals surface area contributed by atoms with Gasteiger partial charge in [-0.25, -0.2) is 0 Å². The fourth-order valence-electron chi connectivity index (χ4n) is 2.20. The van der Waals surface area contributed by atoms with Crippen LogP contribution in [0.3, 0.4) is 0 Å². The van der Waals surface area contributed by atoms with Crippen LogP contribution in [0.2, 0.25) is 0 Å². The van der Waals surface area contributed by atoms with Gasteiger partial charge >= 0.3 is 0 Å². The largest absolute Gasteiger partial charge is 0.364 e. The van der Waals surface area contributed by atoms with Gasteiger partial charge in [-0.1, -0.05) is 34.6 Å². The fraction of sp³-hybridized carbons (Fsp3) is 1.00. The third-order valence-electron chi connectivity index (χ3n) is 4.51. The average molecular weight is 227 g/mol. The van der Waals surface area contributed by atoms with Gasteiger partial charge in [0.15, 0.2) is 0 Å². The first-order valence-corrected chi connectivity index (χ1v) is 6.32. The SMILES string of the molecule is CC(C)(C)N1COCC1C(C)(C)C(C)(C)C. The van der Waals surface area contributed by atoms with Crippen LogP contribution in [0.25, 0.3) is 0 Å². The first-order valence-electron chi connectivity index (χ1n) is 6.32. The summed E-state index contributed by atoms with van der Waals surface area (Å²) in [5.74, 6) is 0. The normalized spacial score (nSPS) is 25.1. The molecule has 1 aliphatic rings. The monoisotopic (exact) mass is 227 g/mol. The van der Waals surface area contributed by atoms with Gasteiger partial charge in [0.2, 0.25) is 0 Å². The lowest BCUT2D eigenvalue weighted by Crippen LogP contribution is -2.55. The van der Waals surface area contributed by atoms with Crippen molar-refractivity contribution in [3.05, 3.63) is 0 Å². The van der Waals surface area contributed by atoms with Gasteiger partial charge < -0.3 is 4.74 Å². The van der Waals surface area contributed by atoms with Crippen LogP contribution in [-0.4, -0.2) is 29.8 Å². The molecule has 0 radical (unpaired) electrons. The maximum Gasteiger partial charge on any atom is 0.0998 e. The van der Waals surface area contributed by atoms with E-state index >= 15 is 0 Å². The topological polar surface area (TPSA) is 12.5 Å². The number of hydrogen-bond acceptors (Lipinski definition) is 2. The lowest BCUT2D eigenvalue weighted by Gasteiger charge is -2.49.